The van der Waals surface area contributed by atoms with E-state index in [0.717, 1.165) is 45.4 Å². The summed E-state index contributed by atoms with van der Waals surface area (Å²) in [5.41, 5.74) is 5.52. The molecule has 1 fully saturated rings. The SMILES string of the molecule is CC(CN)CCCNC(=O)CC1CCCO1. The summed E-state index contributed by atoms with van der Waals surface area (Å²) in [4.78, 5) is 11.5. The number of nitrogens with one attached hydrogen (secondary N) is 1. The van der Waals surface area contributed by atoms with E-state index in [-0.39, 0.29) is 12.0 Å². The zero-order chi connectivity index (χ0) is 11.8. The van der Waals surface area contributed by atoms with Gasteiger partial charge in [0.1, 0.15) is 0 Å². The van der Waals surface area contributed by atoms with Crippen LogP contribution in [-0.2, 0) is 9.53 Å². The third kappa shape index (κ3) is 5.47. The van der Waals surface area contributed by atoms with Gasteiger partial charge in [0.05, 0.1) is 12.5 Å². The minimum atomic E-state index is 0.118. The van der Waals surface area contributed by atoms with Gasteiger partial charge in [0.25, 0.3) is 0 Å². The molecule has 3 N–H and O–H groups in total. The molecule has 0 aromatic rings. The fourth-order valence-corrected chi connectivity index (χ4v) is 1.88. The van der Waals surface area contributed by atoms with E-state index < -0.39 is 0 Å². The molecular weight excluding hydrogens is 204 g/mol. The molecule has 1 amide bonds. The van der Waals surface area contributed by atoms with Gasteiger partial charge in [0.15, 0.2) is 0 Å². The molecule has 0 radical (unpaired) electrons. The van der Waals surface area contributed by atoms with Gasteiger partial charge >= 0.3 is 0 Å². The van der Waals surface area contributed by atoms with Gasteiger partial charge < -0.3 is 15.8 Å². The maximum absolute atomic E-state index is 11.5. The largest absolute Gasteiger partial charge is 0.378 e. The summed E-state index contributed by atoms with van der Waals surface area (Å²) >= 11 is 0. The number of rotatable bonds is 7. The highest BCUT2D eigenvalue weighted by molar-refractivity contribution is 5.76. The van der Waals surface area contributed by atoms with Gasteiger partial charge in [0, 0.05) is 13.2 Å². The van der Waals surface area contributed by atoms with Gasteiger partial charge in [-0.25, -0.2) is 0 Å². The Labute approximate surface area is 97.9 Å². The van der Waals surface area contributed by atoms with E-state index in [9.17, 15) is 4.79 Å². The summed E-state index contributed by atoms with van der Waals surface area (Å²) in [6, 6.07) is 0. The summed E-state index contributed by atoms with van der Waals surface area (Å²) in [5.74, 6) is 0.669. The molecule has 1 saturated heterocycles. The summed E-state index contributed by atoms with van der Waals surface area (Å²) in [7, 11) is 0. The van der Waals surface area contributed by atoms with Crippen molar-refractivity contribution >= 4 is 5.91 Å². The average molecular weight is 228 g/mol. The monoisotopic (exact) mass is 228 g/mol. The second kappa shape index (κ2) is 7.63. The van der Waals surface area contributed by atoms with Crippen molar-refractivity contribution in [3.8, 4) is 0 Å². The van der Waals surface area contributed by atoms with E-state index >= 15 is 0 Å². The molecule has 0 aliphatic carbocycles. The van der Waals surface area contributed by atoms with E-state index in [2.05, 4.69) is 12.2 Å². The molecular formula is C12H24N2O2. The van der Waals surface area contributed by atoms with Crippen molar-refractivity contribution in [3.63, 3.8) is 0 Å². The number of hydrogen-bond acceptors (Lipinski definition) is 3. The Bertz CT molecular complexity index is 203. The lowest BCUT2D eigenvalue weighted by Gasteiger charge is -2.11. The second-order valence-electron chi connectivity index (χ2n) is 4.67. The lowest BCUT2D eigenvalue weighted by atomic mass is 10.1. The summed E-state index contributed by atoms with van der Waals surface area (Å²) in [5, 5.41) is 2.93. The Kier molecular flexibility index (Phi) is 6.42. The van der Waals surface area contributed by atoms with Crippen LogP contribution in [0.1, 0.15) is 39.0 Å². The number of ether oxygens (including phenoxy) is 1. The third-order valence-corrected chi connectivity index (χ3v) is 3.04. The third-order valence-electron chi connectivity index (χ3n) is 3.04. The Morgan fingerprint density at radius 2 is 2.44 bits per heavy atom. The molecule has 1 rings (SSSR count). The van der Waals surface area contributed by atoms with Gasteiger partial charge in [-0.3, -0.25) is 4.79 Å². The van der Waals surface area contributed by atoms with Crippen LogP contribution in [0.3, 0.4) is 0 Å². The van der Waals surface area contributed by atoms with Crippen LogP contribution < -0.4 is 11.1 Å². The van der Waals surface area contributed by atoms with E-state index in [1.807, 2.05) is 0 Å². The van der Waals surface area contributed by atoms with Crippen molar-refractivity contribution in [2.75, 3.05) is 19.7 Å². The smallest absolute Gasteiger partial charge is 0.222 e. The molecule has 0 bridgehead atoms. The van der Waals surface area contributed by atoms with Gasteiger partial charge in [-0.05, 0) is 38.1 Å². The average Bonchev–Trinajstić information content (AvgIpc) is 2.76. The fourth-order valence-electron chi connectivity index (χ4n) is 1.88. The van der Waals surface area contributed by atoms with Crippen LogP contribution in [-0.4, -0.2) is 31.7 Å². The molecule has 0 saturated carbocycles. The number of carbonyl (C=O) groups is 1. The van der Waals surface area contributed by atoms with Gasteiger partial charge in [-0.2, -0.15) is 0 Å². The molecule has 2 unspecified atom stereocenters. The lowest BCUT2D eigenvalue weighted by Crippen LogP contribution is -2.28. The number of amides is 1. The van der Waals surface area contributed by atoms with Crippen molar-refractivity contribution in [1.82, 2.24) is 5.32 Å². The minimum Gasteiger partial charge on any atom is -0.378 e. The quantitative estimate of drug-likeness (QED) is 0.640. The van der Waals surface area contributed by atoms with Crippen LogP contribution in [0.25, 0.3) is 0 Å². The first-order chi connectivity index (χ1) is 7.72. The Hall–Kier alpha value is -0.610. The Balaban J connectivity index is 1.97. The first-order valence-corrected chi connectivity index (χ1v) is 6.30. The predicted molar refractivity (Wildman–Crippen MR) is 64.1 cm³/mol. The Morgan fingerprint density at radius 3 is 3.06 bits per heavy atom. The fraction of sp³-hybridized carbons (Fsp3) is 0.917. The number of carbonyl (C=O) groups excluding carboxylic acids is 1. The highest BCUT2D eigenvalue weighted by Gasteiger charge is 2.18. The normalized spacial score (nSPS) is 22.0. The molecule has 0 spiro atoms. The maximum atomic E-state index is 11.5. The summed E-state index contributed by atoms with van der Waals surface area (Å²) in [6.45, 7) is 4.43. The number of hydrogen-bond donors (Lipinski definition) is 2. The number of nitrogens with two attached hydrogens (primary N) is 1. The van der Waals surface area contributed by atoms with Crippen LogP contribution in [0.2, 0.25) is 0 Å². The highest BCUT2D eigenvalue weighted by Crippen LogP contribution is 2.14. The topological polar surface area (TPSA) is 64.3 Å². The van der Waals surface area contributed by atoms with Crippen LogP contribution in [0.15, 0.2) is 0 Å². The molecule has 0 aromatic heterocycles. The molecule has 1 heterocycles. The lowest BCUT2D eigenvalue weighted by molar-refractivity contribution is -0.123. The zero-order valence-electron chi connectivity index (χ0n) is 10.2. The van der Waals surface area contributed by atoms with Gasteiger partial charge in [-0.1, -0.05) is 6.92 Å². The summed E-state index contributed by atoms with van der Waals surface area (Å²) in [6.07, 6.45) is 4.88. The maximum Gasteiger partial charge on any atom is 0.222 e. The van der Waals surface area contributed by atoms with E-state index in [1.54, 1.807) is 0 Å². The summed E-state index contributed by atoms with van der Waals surface area (Å²) < 4.78 is 5.41. The molecule has 2 atom stereocenters. The molecule has 94 valence electrons. The van der Waals surface area contributed by atoms with E-state index in [0.29, 0.717) is 12.3 Å². The molecule has 0 aromatic carbocycles. The van der Waals surface area contributed by atoms with Crippen LogP contribution in [0.4, 0.5) is 0 Å². The van der Waals surface area contributed by atoms with E-state index in [4.69, 9.17) is 10.5 Å². The Morgan fingerprint density at radius 1 is 1.62 bits per heavy atom. The van der Waals surface area contributed by atoms with Crippen molar-refractivity contribution in [1.29, 1.82) is 0 Å². The molecule has 4 nitrogen and oxygen atoms in total. The zero-order valence-corrected chi connectivity index (χ0v) is 10.2. The van der Waals surface area contributed by atoms with Crippen molar-refractivity contribution < 1.29 is 9.53 Å². The van der Waals surface area contributed by atoms with Crippen LogP contribution in [0.5, 0.6) is 0 Å². The standard InChI is InChI=1S/C12H24N2O2/c1-10(9-13)4-2-6-14-12(15)8-11-5-3-7-16-11/h10-11H,2-9,13H2,1H3,(H,14,15). The molecule has 1 aliphatic rings. The van der Waals surface area contributed by atoms with Crippen molar-refractivity contribution in [2.45, 2.75) is 45.1 Å². The molecule has 1 aliphatic heterocycles. The first-order valence-electron chi connectivity index (χ1n) is 6.30. The minimum absolute atomic E-state index is 0.118. The molecule has 4 heteroatoms. The van der Waals surface area contributed by atoms with E-state index in [1.165, 1.54) is 0 Å². The van der Waals surface area contributed by atoms with Crippen molar-refractivity contribution in [2.24, 2.45) is 11.7 Å². The van der Waals surface area contributed by atoms with Gasteiger partial charge in [0.2, 0.25) is 5.91 Å². The van der Waals surface area contributed by atoms with Gasteiger partial charge in [-0.15, -0.1) is 0 Å². The first kappa shape index (κ1) is 13.5. The molecule has 16 heavy (non-hydrogen) atoms. The second-order valence-corrected chi connectivity index (χ2v) is 4.67. The van der Waals surface area contributed by atoms with Crippen molar-refractivity contribution in [3.05, 3.63) is 0 Å². The van der Waals surface area contributed by atoms with Crippen LogP contribution in [0, 0.1) is 5.92 Å². The highest BCUT2D eigenvalue weighted by atomic mass is 16.5. The predicted octanol–water partition coefficient (Wildman–Crippen LogP) is 1.05. The van der Waals surface area contributed by atoms with Crippen LogP contribution >= 0.6 is 0 Å².